The molecule has 188 valence electrons. The largest absolute Gasteiger partial charge is 0.455 e. The van der Waals surface area contributed by atoms with Crippen LogP contribution in [-0.4, -0.2) is 32.1 Å². The first-order valence-corrected chi connectivity index (χ1v) is 12.1. The second-order valence-electron chi connectivity index (χ2n) is 8.65. The molecule has 11 heteroatoms. The summed E-state index contributed by atoms with van der Waals surface area (Å²) in [5.41, 5.74) is 4.47. The highest BCUT2D eigenvalue weighted by atomic mass is 16.6. The van der Waals surface area contributed by atoms with Crippen molar-refractivity contribution in [1.29, 1.82) is 0 Å². The highest BCUT2D eigenvalue weighted by molar-refractivity contribution is 5.78. The maximum atomic E-state index is 10.9. The Hall–Kier alpha value is -4.80. The summed E-state index contributed by atoms with van der Waals surface area (Å²) >= 11 is 0. The highest BCUT2D eigenvalue weighted by Crippen LogP contribution is 2.24. The number of para-hydroxylation sites is 1. The van der Waals surface area contributed by atoms with Gasteiger partial charge in [0, 0.05) is 29.4 Å². The average Bonchev–Trinajstić information content (AvgIpc) is 3.39. The fourth-order valence-electron chi connectivity index (χ4n) is 4.10. The van der Waals surface area contributed by atoms with Crippen LogP contribution >= 0.6 is 0 Å². The molecular formula is C26H26N8O3. The molecule has 1 fully saturated rings. The van der Waals surface area contributed by atoms with Crippen LogP contribution < -0.4 is 16.1 Å². The summed E-state index contributed by atoms with van der Waals surface area (Å²) in [4.78, 5) is 23.9. The lowest BCUT2D eigenvalue weighted by Crippen LogP contribution is -2.24. The number of hydrogen-bond donors (Lipinski definition) is 3. The summed E-state index contributed by atoms with van der Waals surface area (Å²) < 4.78 is 5.80. The summed E-state index contributed by atoms with van der Waals surface area (Å²) in [6, 6.07) is 19.7. The van der Waals surface area contributed by atoms with Crippen LogP contribution in [0.3, 0.4) is 0 Å². The molecule has 0 bridgehead atoms. The zero-order chi connectivity index (χ0) is 25.5. The second kappa shape index (κ2) is 11.3. The summed E-state index contributed by atoms with van der Waals surface area (Å²) in [5, 5.41) is 21.7. The maximum absolute atomic E-state index is 10.9. The predicted molar refractivity (Wildman–Crippen MR) is 142 cm³/mol. The normalized spacial score (nSPS) is 13.9. The van der Waals surface area contributed by atoms with Gasteiger partial charge in [-0.1, -0.05) is 37.5 Å². The number of nitrogens with one attached hydrogen (secondary N) is 3. The topological polar surface area (TPSA) is 143 Å². The molecular weight excluding hydrogens is 472 g/mol. The van der Waals surface area contributed by atoms with Crippen molar-refractivity contribution in [1.82, 2.24) is 15.0 Å². The second-order valence-corrected chi connectivity index (χ2v) is 8.65. The van der Waals surface area contributed by atoms with Crippen LogP contribution in [0.4, 0.5) is 29.2 Å². The van der Waals surface area contributed by atoms with E-state index in [0.717, 1.165) is 24.1 Å². The molecule has 0 radical (unpaired) electrons. The zero-order valence-corrected chi connectivity index (χ0v) is 20.0. The Morgan fingerprint density at radius 3 is 2.38 bits per heavy atom. The van der Waals surface area contributed by atoms with E-state index in [4.69, 9.17) is 4.42 Å². The summed E-state index contributed by atoms with van der Waals surface area (Å²) in [5.74, 6) is 2.24. The highest BCUT2D eigenvalue weighted by Gasteiger charge is 2.16. The molecule has 0 saturated heterocycles. The number of non-ortho nitro benzene ring substituents is 1. The third kappa shape index (κ3) is 6.45. The lowest BCUT2D eigenvalue weighted by atomic mass is 9.96. The minimum Gasteiger partial charge on any atom is -0.455 e. The van der Waals surface area contributed by atoms with Gasteiger partial charge in [-0.2, -0.15) is 20.1 Å². The number of furan rings is 1. The van der Waals surface area contributed by atoms with E-state index >= 15 is 0 Å². The van der Waals surface area contributed by atoms with E-state index < -0.39 is 4.92 Å². The number of benzene rings is 2. The number of anilines is 4. The predicted octanol–water partition coefficient (Wildman–Crippen LogP) is 5.97. The Kier molecular flexibility index (Phi) is 7.30. The van der Waals surface area contributed by atoms with Crippen LogP contribution in [-0.2, 0) is 0 Å². The smallest absolute Gasteiger partial charge is 0.269 e. The van der Waals surface area contributed by atoms with Crippen LogP contribution in [0.15, 0.2) is 76.2 Å². The molecule has 1 saturated carbocycles. The van der Waals surface area contributed by atoms with Gasteiger partial charge in [-0.25, -0.2) is 5.43 Å². The fourth-order valence-corrected chi connectivity index (χ4v) is 4.10. The molecule has 4 aromatic rings. The van der Waals surface area contributed by atoms with Crippen molar-refractivity contribution >= 4 is 35.4 Å². The lowest BCUT2D eigenvalue weighted by Gasteiger charge is -2.22. The van der Waals surface area contributed by atoms with Crippen LogP contribution in [0.2, 0.25) is 0 Å². The van der Waals surface area contributed by atoms with Gasteiger partial charge in [0.15, 0.2) is 0 Å². The molecule has 11 nitrogen and oxygen atoms in total. The Morgan fingerprint density at radius 1 is 0.892 bits per heavy atom. The van der Waals surface area contributed by atoms with Crippen molar-refractivity contribution in [2.24, 2.45) is 5.10 Å². The van der Waals surface area contributed by atoms with Crippen molar-refractivity contribution in [2.45, 2.75) is 38.1 Å². The number of nitrogens with zero attached hydrogens (tertiary/aromatic N) is 5. The van der Waals surface area contributed by atoms with Crippen molar-refractivity contribution in [3.63, 3.8) is 0 Å². The Bertz CT molecular complexity index is 1370. The van der Waals surface area contributed by atoms with Crippen molar-refractivity contribution in [3.8, 4) is 11.3 Å². The minimum atomic E-state index is -0.437. The van der Waals surface area contributed by atoms with E-state index in [1.54, 1.807) is 24.3 Å². The van der Waals surface area contributed by atoms with Crippen molar-refractivity contribution < 1.29 is 9.34 Å². The quantitative estimate of drug-likeness (QED) is 0.144. The monoisotopic (exact) mass is 498 g/mol. The molecule has 1 aliphatic rings. The molecule has 2 heterocycles. The maximum Gasteiger partial charge on any atom is 0.269 e. The summed E-state index contributed by atoms with van der Waals surface area (Å²) in [6.45, 7) is 0. The Labute approximate surface area is 213 Å². The number of aromatic nitrogens is 3. The fraction of sp³-hybridized carbons (Fsp3) is 0.231. The number of nitro groups is 1. The molecule has 2 aromatic heterocycles. The van der Waals surface area contributed by atoms with Crippen molar-refractivity contribution in [3.05, 3.63) is 82.6 Å². The van der Waals surface area contributed by atoms with E-state index in [1.807, 2.05) is 30.3 Å². The number of hydrazone groups is 1. The van der Waals surface area contributed by atoms with Gasteiger partial charge in [-0.05, 0) is 49.2 Å². The van der Waals surface area contributed by atoms with Gasteiger partial charge in [-0.15, -0.1) is 0 Å². The third-order valence-electron chi connectivity index (χ3n) is 5.95. The molecule has 0 aliphatic heterocycles. The molecule has 0 amide bonds. The molecule has 37 heavy (non-hydrogen) atoms. The van der Waals surface area contributed by atoms with Crippen molar-refractivity contribution in [2.75, 3.05) is 16.1 Å². The van der Waals surface area contributed by atoms with E-state index in [0.29, 0.717) is 29.5 Å². The van der Waals surface area contributed by atoms with E-state index in [-0.39, 0.29) is 11.6 Å². The minimum absolute atomic E-state index is 0.0251. The molecule has 0 unspecified atom stereocenters. The third-order valence-corrected chi connectivity index (χ3v) is 5.95. The SMILES string of the molecule is O=[N+]([O-])c1ccc(-c2ccc(/C=N\Nc3nc(Nc4ccccc4)nc(NC4CCCCC4)n3)o2)cc1. The van der Waals surface area contributed by atoms with E-state index in [2.05, 4.69) is 36.1 Å². The molecule has 2 aromatic carbocycles. The van der Waals surface area contributed by atoms with E-state index in [1.165, 1.54) is 37.6 Å². The van der Waals surface area contributed by atoms with Gasteiger partial charge in [0.25, 0.3) is 5.69 Å². The van der Waals surface area contributed by atoms with Crippen LogP contribution in [0.5, 0.6) is 0 Å². The van der Waals surface area contributed by atoms with Gasteiger partial charge in [0.2, 0.25) is 17.8 Å². The molecule has 3 N–H and O–H groups in total. The average molecular weight is 499 g/mol. The van der Waals surface area contributed by atoms with Gasteiger partial charge in [0.05, 0.1) is 11.1 Å². The molecule has 0 spiro atoms. The van der Waals surface area contributed by atoms with Crippen LogP contribution in [0.25, 0.3) is 11.3 Å². The van der Waals surface area contributed by atoms with E-state index in [9.17, 15) is 10.1 Å². The number of rotatable bonds is 9. The molecule has 1 aliphatic carbocycles. The summed E-state index contributed by atoms with van der Waals surface area (Å²) in [6.07, 6.45) is 7.33. The first-order valence-electron chi connectivity index (χ1n) is 12.1. The first kappa shape index (κ1) is 23.9. The Balaban J connectivity index is 1.29. The van der Waals surface area contributed by atoms with Gasteiger partial charge in [0.1, 0.15) is 11.5 Å². The standard InChI is InChI=1S/C26H26N8O3/c35-34(36)21-13-11-18(12-14-21)23-16-15-22(37-23)17-27-33-26-31-24(28-19-7-3-1-4-8-19)30-25(32-26)29-20-9-5-2-6-10-20/h1,3-4,7-8,11-17,20H,2,5-6,9-10H2,(H3,28,29,30,31,32,33)/b27-17-. The number of nitro benzene ring substituents is 1. The Morgan fingerprint density at radius 2 is 1.62 bits per heavy atom. The molecule has 5 rings (SSSR count). The zero-order valence-electron chi connectivity index (χ0n) is 20.0. The van der Waals surface area contributed by atoms with Gasteiger partial charge < -0.3 is 15.1 Å². The van der Waals surface area contributed by atoms with Gasteiger partial charge >= 0.3 is 0 Å². The molecule has 0 atom stereocenters. The summed E-state index contributed by atoms with van der Waals surface area (Å²) in [7, 11) is 0. The lowest BCUT2D eigenvalue weighted by molar-refractivity contribution is -0.384. The van der Waals surface area contributed by atoms with Crippen LogP contribution in [0, 0.1) is 10.1 Å². The van der Waals surface area contributed by atoms with Crippen LogP contribution in [0.1, 0.15) is 37.9 Å². The first-order chi connectivity index (χ1) is 18.1. The number of hydrogen-bond acceptors (Lipinski definition) is 10. The van der Waals surface area contributed by atoms with Gasteiger partial charge in [-0.3, -0.25) is 10.1 Å².